The zero-order valence-electron chi connectivity index (χ0n) is 10.5. The fourth-order valence-electron chi connectivity index (χ4n) is 1.70. The van der Waals surface area contributed by atoms with E-state index in [1.54, 1.807) is 12.1 Å². The van der Waals surface area contributed by atoms with E-state index in [0.29, 0.717) is 22.6 Å². The summed E-state index contributed by atoms with van der Waals surface area (Å²) in [4.78, 5) is 12.0. The second-order valence-electron chi connectivity index (χ2n) is 4.68. The number of nitrogens with one attached hydrogen (secondary N) is 1. The lowest BCUT2D eigenvalue weighted by atomic mass is 9.96. The molecule has 0 saturated carbocycles. The Kier molecular flexibility index (Phi) is 5.75. The van der Waals surface area contributed by atoms with E-state index in [1.165, 1.54) is 6.07 Å². The van der Waals surface area contributed by atoms with Crippen LogP contribution in [0.1, 0.15) is 20.3 Å². The second kappa shape index (κ2) is 6.85. The van der Waals surface area contributed by atoms with Gasteiger partial charge in [0.05, 0.1) is 10.4 Å². The molecule has 0 aliphatic carbocycles. The van der Waals surface area contributed by atoms with Crippen molar-refractivity contribution in [2.45, 2.75) is 20.3 Å². The number of carbonyl (C=O) groups excluding carboxylic acids is 1. The molecule has 0 aromatic heterocycles. The Morgan fingerprint density at radius 1 is 1.50 bits per heavy atom. The third-order valence-electron chi connectivity index (χ3n) is 2.60. The maximum atomic E-state index is 13.3. The number of carbonyl (C=O) groups is 1. The van der Waals surface area contributed by atoms with Crippen LogP contribution >= 0.6 is 15.9 Å². The number of anilines is 1. The standard InChI is InChI=1S/C13H18BrFN2O/c1-8(2)5-9(7-16)13(18)17-10-3-4-11(14)12(15)6-10/h3-4,6,8-9H,5,7,16H2,1-2H3,(H,17,18). The van der Waals surface area contributed by atoms with Crippen molar-refractivity contribution >= 4 is 27.5 Å². The summed E-state index contributed by atoms with van der Waals surface area (Å²) in [6, 6.07) is 4.49. The average molecular weight is 317 g/mol. The van der Waals surface area contributed by atoms with Crippen molar-refractivity contribution in [1.82, 2.24) is 0 Å². The Morgan fingerprint density at radius 3 is 2.67 bits per heavy atom. The maximum absolute atomic E-state index is 13.3. The molecule has 1 amide bonds. The lowest BCUT2D eigenvalue weighted by Gasteiger charge is -2.16. The maximum Gasteiger partial charge on any atom is 0.228 e. The highest BCUT2D eigenvalue weighted by Gasteiger charge is 2.18. The van der Waals surface area contributed by atoms with Crippen molar-refractivity contribution in [3.8, 4) is 0 Å². The van der Waals surface area contributed by atoms with Gasteiger partial charge in [0.25, 0.3) is 0 Å². The second-order valence-corrected chi connectivity index (χ2v) is 5.53. The minimum absolute atomic E-state index is 0.159. The van der Waals surface area contributed by atoms with Crippen LogP contribution in [0.2, 0.25) is 0 Å². The molecule has 0 aliphatic rings. The number of amides is 1. The van der Waals surface area contributed by atoms with Crippen LogP contribution in [0, 0.1) is 17.7 Å². The Bertz CT molecular complexity index is 423. The first-order chi connectivity index (χ1) is 8.43. The predicted octanol–water partition coefficient (Wildman–Crippen LogP) is 3.15. The van der Waals surface area contributed by atoms with Crippen LogP contribution in [0.3, 0.4) is 0 Å². The Morgan fingerprint density at radius 2 is 2.17 bits per heavy atom. The molecule has 1 atom stereocenters. The molecule has 0 spiro atoms. The van der Waals surface area contributed by atoms with Gasteiger partial charge in [0, 0.05) is 12.2 Å². The van der Waals surface area contributed by atoms with E-state index >= 15 is 0 Å². The summed E-state index contributed by atoms with van der Waals surface area (Å²) in [6.45, 7) is 4.37. The van der Waals surface area contributed by atoms with Gasteiger partial charge in [-0.05, 0) is 46.5 Å². The van der Waals surface area contributed by atoms with Crippen LogP contribution in [0.4, 0.5) is 10.1 Å². The van der Waals surface area contributed by atoms with Gasteiger partial charge in [-0.1, -0.05) is 13.8 Å². The van der Waals surface area contributed by atoms with Gasteiger partial charge in [-0.2, -0.15) is 0 Å². The zero-order chi connectivity index (χ0) is 13.7. The third kappa shape index (κ3) is 4.38. The van der Waals surface area contributed by atoms with E-state index in [2.05, 4.69) is 21.2 Å². The first-order valence-corrected chi connectivity index (χ1v) is 6.69. The molecule has 0 bridgehead atoms. The SMILES string of the molecule is CC(C)CC(CN)C(=O)Nc1ccc(Br)c(F)c1. The van der Waals surface area contributed by atoms with E-state index in [0.717, 1.165) is 6.42 Å². The summed E-state index contributed by atoms with van der Waals surface area (Å²) in [5.41, 5.74) is 6.03. The van der Waals surface area contributed by atoms with Gasteiger partial charge in [0.2, 0.25) is 5.91 Å². The van der Waals surface area contributed by atoms with Crippen LogP contribution in [0.25, 0.3) is 0 Å². The smallest absolute Gasteiger partial charge is 0.228 e. The van der Waals surface area contributed by atoms with Crippen molar-refractivity contribution in [2.24, 2.45) is 17.6 Å². The van der Waals surface area contributed by atoms with Crippen LogP contribution in [-0.4, -0.2) is 12.5 Å². The van der Waals surface area contributed by atoms with Crippen molar-refractivity contribution in [1.29, 1.82) is 0 Å². The van der Waals surface area contributed by atoms with Crippen LogP contribution in [-0.2, 0) is 4.79 Å². The van der Waals surface area contributed by atoms with Crippen molar-refractivity contribution in [2.75, 3.05) is 11.9 Å². The van der Waals surface area contributed by atoms with E-state index in [1.807, 2.05) is 13.8 Å². The molecule has 100 valence electrons. The number of hydrogen-bond donors (Lipinski definition) is 2. The number of rotatable bonds is 5. The van der Waals surface area contributed by atoms with Gasteiger partial charge >= 0.3 is 0 Å². The summed E-state index contributed by atoms with van der Waals surface area (Å²) in [6.07, 6.45) is 0.724. The topological polar surface area (TPSA) is 55.1 Å². The summed E-state index contributed by atoms with van der Waals surface area (Å²) in [7, 11) is 0. The highest BCUT2D eigenvalue weighted by molar-refractivity contribution is 9.10. The lowest BCUT2D eigenvalue weighted by molar-refractivity contribution is -0.120. The Labute approximate surface area is 115 Å². The van der Waals surface area contributed by atoms with Gasteiger partial charge in [-0.15, -0.1) is 0 Å². The molecule has 1 aromatic carbocycles. The first-order valence-electron chi connectivity index (χ1n) is 5.90. The Balaban J connectivity index is 2.70. The largest absolute Gasteiger partial charge is 0.330 e. The number of halogens is 2. The van der Waals surface area contributed by atoms with Crippen molar-refractivity contribution in [3.05, 3.63) is 28.5 Å². The van der Waals surface area contributed by atoms with Gasteiger partial charge in [-0.25, -0.2) is 4.39 Å². The van der Waals surface area contributed by atoms with E-state index < -0.39 is 5.82 Å². The Hall–Kier alpha value is -0.940. The van der Waals surface area contributed by atoms with Gasteiger partial charge in [0.15, 0.2) is 0 Å². The highest BCUT2D eigenvalue weighted by atomic mass is 79.9. The normalized spacial score (nSPS) is 12.6. The molecule has 3 N–H and O–H groups in total. The fraction of sp³-hybridized carbons (Fsp3) is 0.462. The van der Waals surface area contributed by atoms with Crippen molar-refractivity contribution < 1.29 is 9.18 Å². The molecule has 0 radical (unpaired) electrons. The van der Waals surface area contributed by atoms with Gasteiger partial charge in [-0.3, -0.25) is 4.79 Å². The molecule has 0 saturated heterocycles. The molecule has 18 heavy (non-hydrogen) atoms. The van der Waals surface area contributed by atoms with E-state index in [-0.39, 0.29) is 11.8 Å². The minimum Gasteiger partial charge on any atom is -0.330 e. The summed E-state index contributed by atoms with van der Waals surface area (Å²) in [5.74, 6) is -0.406. The average Bonchev–Trinajstić information content (AvgIpc) is 2.30. The molecule has 3 nitrogen and oxygen atoms in total. The van der Waals surface area contributed by atoms with E-state index in [9.17, 15) is 9.18 Å². The van der Waals surface area contributed by atoms with Crippen molar-refractivity contribution in [3.63, 3.8) is 0 Å². The minimum atomic E-state index is -0.402. The zero-order valence-corrected chi connectivity index (χ0v) is 12.1. The predicted molar refractivity (Wildman–Crippen MR) is 74.7 cm³/mol. The monoisotopic (exact) mass is 316 g/mol. The molecule has 0 heterocycles. The molecular formula is C13H18BrFN2O. The molecule has 0 aliphatic heterocycles. The highest BCUT2D eigenvalue weighted by Crippen LogP contribution is 2.20. The molecular weight excluding hydrogens is 299 g/mol. The number of benzene rings is 1. The van der Waals surface area contributed by atoms with Crippen LogP contribution < -0.4 is 11.1 Å². The lowest BCUT2D eigenvalue weighted by Crippen LogP contribution is -2.30. The number of nitrogens with two attached hydrogens (primary N) is 1. The van der Waals surface area contributed by atoms with E-state index in [4.69, 9.17) is 5.73 Å². The van der Waals surface area contributed by atoms with Gasteiger partial charge in [0.1, 0.15) is 5.82 Å². The van der Waals surface area contributed by atoms with Crippen LogP contribution in [0.5, 0.6) is 0 Å². The summed E-state index contributed by atoms with van der Waals surface area (Å²) in [5, 5.41) is 2.69. The quantitative estimate of drug-likeness (QED) is 0.876. The van der Waals surface area contributed by atoms with Gasteiger partial charge < -0.3 is 11.1 Å². The first kappa shape index (κ1) is 15.1. The van der Waals surface area contributed by atoms with Crippen LogP contribution in [0.15, 0.2) is 22.7 Å². The summed E-state index contributed by atoms with van der Waals surface area (Å²) < 4.78 is 13.7. The summed E-state index contributed by atoms with van der Waals surface area (Å²) >= 11 is 3.06. The third-order valence-corrected chi connectivity index (χ3v) is 3.24. The number of hydrogen-bond acceptors (Lipinski definition) is 2. The fourth-order valence-corrected chi connectivity index (χ4v) is 1.94. The molecule has 1 aromatic rings. The molecule has 5 heteroatoms. The molecule has 1 unspecified atom stereocenters. The molecule has 0 fully saturated rings. The molecule has 1 rings (SSSR count).